The summed E-state index contributed by atoms with van der Waals surface area (Å²) in [6, 6.07) is 8.47. The van der Waals surface area contributed by atoms with E-state index in [4.69, 9.17) is 4.74 Å². The number of carbonyl (C=O) groups excluding carboxylic acids is 1. The molecule has 0 aliphatic heterocycles. The van der Waals surface area contributed by atoms with Gasteiger partial charge in [0.15, 0.2) is 40.2 Å². The van der Waals surface area contributed by atoms with Crippen molar-refractivity contribution in [2.45, 2.75) is 12.5 Å². The van der Waals surface area contributed by atoms with Crippen molar-refractivity contribution < 1.29 is 55.2 Å². The van der Waals surface area contributed by atoms with Crippen molar-refractivity contribution in [1.82, 2.24) is 0 Å². The van der Waals surface area contributed by atoms with Crippen LogP contribution in [0.15, 0.2) is 48.5 Å². The van der Waals surface area contributed by atoms with Crippen molar-refractivity contribution >= 4 is 30.2 Å². The van der Waals surface area contributed by atoms with Crippen molar-refractivity contribution in [3.05, 3.63) is 70.8 Å². The number of hydrogen-bond acceptors (Lipinski definition) is 10. The van der Waals surface area contributed by atoms with Crippen LogP contribution >= 0.6 is 0 Å². The minimum atomic E-state index is -1.70. The standard InChI is InChI=1S/C26H22O11/c27-17-5-2-13(7-18(17)28)1-3-15-11-19(29)20(30)12-16(15)4-6-24(33)37-23(26(35)36)10-14-8-21(31)25(34)22(32)9-14/h1-9,11-12,23,27-32,34H,10H2,(H,35,36)/b3-1+,6-4+/t23-/m1/s1. The van der Waals surface area contributed by atoms with Crippen molar-refractivity contribution in [2.24, 2.45) is 0 Å². The molecule has 0 radical (unpaired) electrons. The van der Waals surface area contributed by atoms with E-state index in [-0.39, 0.29) is 22.6 Å². The number of carboxylic acid groups (broad SMARTS) is 1. The summed E-state index contributed by atoms with van der Waals surface area (Å²) in [6.45, 7) is 0. The molecule has 0 amide bonds. The largest absolute Gasteiger partial charge is 0.504 e. The van der Waals surface area contributed by atoms with Crippen LogP contribution in [0, 0.1) is 0 Å². The molecule has 0 aliphatic carbocycles. The van der Waals surface area contributed by atoms with Crippen molar-refractivity contribution in [3.63, 3.8) is 0 Å². The molecule has 3 aromatic rings. The summed E-state index contributed by atoms with van der Waals surface area (Å²) in [5.74, 6) is -6.28. The highest BCUT2D eigenvalue weighted by Crippen LogP contribution is 2.36. The van der Waals surface area contributed by atoms with Gasteiger partial charge in [0.2, 0.25) is 6.10 Å². The predicted octanol–water partition coefficient (Wildman–Crippen LogP) is 3.05. The maximum absolute atomic E-state index is 12.3. The van der Waals surface area contributed by atoms with Gasteiger partial charge in [0.05, 0.1) is 0 Å². The van der Waals surface area contributed by atoms with Crippen LogP contribution in [0.4, 0.5) is 0 Å². The van der Waals surface area contributed by atoms with Gasteiger partial charge in [-0.05, 0) is 64.7 Å². The minimum Gasteiger partial charge on any atom is -0.504 e. The van der Waals surface area contributed by atoms with Crippen LogP contribution in [-0.4, -0.2) is 58.9 Å². The molecule has 11 nitrogen and oxygen atoms in total. The SMILES string of the molecule is O=C(/C=C/c1cc(O)c(O)cc1/C=C/c1ccc(O)c(O)c1)O[C@H](Cc1cc(O)c(O)c(O)c1)C(=O)O. The molecule has 8 N–H and O–H groups in total. The molecule has 0 aromatic heterocycles. The second-order valence-corrected chi connectivity index (χ2v) is 7.84. The number of esters is 1. The lowest BCUT2D eigenvalue weighted by molar-refractivity contribution is -0.160. The Bertz CT molecular complexity index is 1380. The molecule has 37 heavy (non-hydrogen) atoms. The molecule has 0 aliphatic rings. The van der Waals surface area contributed by atoms with E-state index in [1.165, 1.54) is 42.5 Å². The first-order chi connectivity index (χ1) is 17.4. The Balaban J connectivity index is 1.80. The Kier molecular flexibility index (Phi) is 7.78. The van der Waals surface area contributed by atoms with Gasteiger partial charge in [0.1, 0.15) is 0 Å². The summed E-state index contributed by atoms with van der Waals surface area (Å²) >= 11 is 0. The van der Waals surface area contributed by atoms with Gasteiger partial charge >= 0.3 is 11.9 Å². The summed E-state index contributed by atoms with van der Waals surface area (Å²) in [6.07, 6.45) is 3.02. The van der Waals surface area contributed by atoms with Gasteiger partial charge in [-0.2, -0.15) is 0 Å². The maximum atomic E-state index is 12.3. The van der Waals surface area contributed by atoms with Gasteiger partial charge in [0.25, 0.3) is 0 Å². The zero-order chi connectivity index (χ0) is 27.3. The van der Waals surface area contributed by atoms with Crippen molar-refractivity contribution in [2.75, 3.05) is 0 Å². The summed E-state index contributed by atoms with van der Waals surface area (Å²) in [7, 11) is 0. The van der Waals surface area contributed by atoms with Crippen LogP contribution in [0.2, 0.25) is 0 Å². The van der Waals surface area contributed by atoms with Crippen LogP contribution in [0.3, 0.4) is 0 Å². The zero-order valence-corrected chi connectivity index (χ0v) is 18.9. The number of rotatable bonds is 8. The van der Waals surface area contributed by atoms with Crippen LogP contribution in [-0.2, 0) is 20.7 Å². The first kappa shape index (κ1) is 26.3. The summed E-state index contributed by atoms with van der Waals surface area (Å²) in [5.41, 5.74) is 1.14. The van der Waals surface area contributed by atoms with E-state index in [0.29, 0.717) is 11.1 Å². The van der Waals surface area contributed by atoms with E-state index in [1.807, 2.05) is 0 Å². The van der Waals surface area contributed by atoms with E-state index in [2.05, 4.69) is 0 Å². The highest BCUT2D eigenvalue weighted by Gasteiger charge is 2.23. The second-order valence-electron chi connectivity index (χ2n) is 7.84. The van der Waals surface area contributed by atoms with Gasteiger partial charge in [0, 0.05) is 12.5 Å². The third-order valence-corrected chi connectivity index (χ3v) is 5.12. The number of hydrogen-bond donors (Lipinski definition) is 8. The lowest BCUT2D eigenvalue weighted by atomic mass is 10.0. The Morgan fingerprint density at radius 2 is 1.27 bits per heavy atom. The Morgan fingerprint density at radius 1 is 0.703 bits per heavy atom. The van der Waals surface area contributed by atoms with Crippen molar-refractivity contribution in [3.8, 4) is 40.2 Å². The summed E-state index contributed by atoms with van der Waals surface area (Å²) in [5, 5.41) is 76.8. The fraction of sp³-hybridized carbons (Fsp3) is 0.0769. The van der Waals surface area contributed by atoms with Gasteiger partial charge in [-0.1, -0.05) is 18.2 Å². The van der Waals surface area contributed by atoms with Gasteiger partial charge < -0.3 is 45.6 Å². The van der Waals surface area contributed by atoms with Gasteiger partial charge in [-0.25, -0.2) is 9.59 Å². The van der Waals surface area contributed by atoms with Gasteiger partial charge in [-0.15, -0.1) is 0 Å². The molecule has 192 valence electrons. The number of phenols is 7. The first-order valence-electron chi connectivity index (χ1n) is 10.6. The second kappa shape index (κ2) is 11.0. The molecule has 0 heterocycles. The molecular weight excluding hydrogens is 488 g/mol. The van der Waals surface area contributed by atoms with E-state index in [1.54, 1.807) is 0 Å². The first-order valence-corrected chi connectivity index (χ1v) is 10.6. The Labute approximate surface area is 209 Å². The normalized spacial score (nSPS) is 12.1. The topological polar surface area (TPSA) is 205 Å². The van der Waals surface area contributed by atoms with E-state index in [9.17, 15) is 50.4 Å². The fourth-order valence-electron chi connectivity index (χ4n) is 3.24. The number of benzene rings is 3. The van der Waals surface area contributed by atoms with Crippen molar-refractivity contribution in [1.29, 1.82) is 0 Å². The fourth-order valence-corrected chi connectivity index (χ4v) is 3.24. The number of carboxylic acids is 1. The lowest BCUT2D eigenvalue weighted by Crippen LogP contribution is -2.28. The highest BCUT2D eigenvalue weighted by molar-refractivity contribution is 5.90. The molecule has 0 fully saturated rings. The highest BCUT2D eigenvalue weighted by atomic mass is 16.6. The average molecular weight is 510 g/mol. The molecule has 1 atom stereocenters. The third kappa shape index (κ3) is 6.63. The van der Waals surface area contributed by atoms with Gasteiger partial charge in [-0.3, -0.25) is 0 Å². The maximum Gasteiger partial charge on any atom is 0.345 e. The average Bonchev–Trinajstić information content (AvgIpc) is 2.83. The van der Waals surface area contributed by atoms with Crippen LogP contribution in [0.1, 0.15) is 22.3 Å². The predicted molar refractivity (Wildman–Crippen MR) is 130 cm³/mol. The molecule has 0 saturated heterocycles. The number of aliphatic carboxylic acids is 1. The third-order valence-electron chi connectivity index (χ3n) is 5.12. The molecule has 0 unspecified atom stereocenters. The minimum absolute atomic E-state index is 0.0770. The molecule has 0 saturated carbocycles. The van der Waals surface area contributed by atoms with E-state index >= 15 is 0 Å². The summed E-state index contributed by atoms with van der Waals surface area (Å²) in [4.78, 5) is 23.9. The Hall–Kier alpha value is -5.32. The number of aromatic hydroxyl groups is 7. The zero-order valence-electron chi connectivity index (χ0n) is 18.9. The molecular formula is C26H22O11. The van der Waals surface area contributed by atoms with Crippen LogP contribution in [0.25, 0.3) is 18.2 Å². The molecule has 3 rings (SSSR count). The molecule has 0 spiro atoms. The number of phenolic OH excluding ortho intramolecular Hbond substituents is 7. The van der Waals surface area contributed by atoms with E-state index in [0.717, 1.165) is 24.3 Å². The molecule has 11 heteroatoms. The lowest BCUT2D eigenvalue weighted by Gasteiger charge is -2.13. The van der Waals surface area contributed by atoms with Crippen LogP contribution < -0.4 is 0 Å². The summed E-state index contributed by atoms with van der Waals surface area (Å²) < 4.78 is 4.96. The monoisotopic (exact) mass is 510 g/mol. The number of ether oxygens (including phenoxy) is 1. The van der Waals surface area contributed by atoms with E-state index < -0.39 is 53.2 Å². The smallest absolute Gasteiger partial charge is 0.345 e. The number of carbonyl (C=O) groups is 2. The van der Waals surface area contributed by atoms with Crippen LogP contribution in [0.5, 0.6) is 40.2 Å². The molecule has 0 bridgehead atoms. The quantitative estimate of drug-likeness (QED) is 0.0956. The Morgan fingerprint density at radius 3 is 1.84 bits per heavy atom. The molecule has 3 aromatic carbocycles.